The maximum atomic E-state index is 14.5. The van der Waals surface area contributed by atoms with Crippen molar-refractivity contribution in [2.45, 2.75) is 57.2 Å². The van der Waals surface area contributed by atoms with Crippen LogP contribution in [0, 0.1) is 17.6 Å². The Morgan fingerprint density at radius 3 is 2.23 bits per heavy atom. The van der Waals surface area contributed by atoms with Crippen molar-refractivity contribution in [3.63, 3.8) is 0 Å². The van der Waals surface area contributed by atoms with Crippen LogP contribution >= 0.6 is 0 Å². The first-order chi connectivity index (χ1) is 14.0. The Morgan fingerprint density at radius 1 is 1.13 bits per heavy atom. The lowest BCUT2D eigenvalue weighted by Gasteiger charge is -2.30. The maximum Gasteiger partial charge on any atom is 0.235 e. The van der Waals surface area contributed by atoms with Crippen molar-refractivity contribution in [3.8, 4) is 0 Å². The van der Waals surface area contributed by atoms with E-state index in [1.165, 1.54) is 0 Å². The average Bonchev–Trinajstić information content (AvgIpc) is 2.99. The fourth-order valence-electron chi connectivity index (χ4n) is 3.91. The molecule has 7 nitrogen and oxygen atoms in total. The quantitative estimate of drug-likeness (QED) is 0.646. The van der Waals surface area contributed by atoms with E-state index < -0.39 is 42.6 Å². The van der Waals surface area contributed by atoms with Crippen LogP contribution in [0.25, 0.3) is 0 Å². The van der Waals surface area contributed by atoms with Crippen molar-refractivity contribution >= 4 is 31.4 Å². The van der Waals surface area contributed by atoms with E-state index in [1.54, 1.807) is 13.8 Å². The molecule has 30 heavy (non-hydrogen) atoms. The first-order valence-corrected chi connectivity index (χ1v) is 13.4. The zero-order valence-corrected chi connectivity index (χ0v) is 18.8. The Labute approximate surface area is 177 Å². The SMILES string of the molecule is CC(C)S(=O)(=O)N[C@H]1CC[C@H](CNc2cc(F)c(N3CCCS3(=O)=O)c(F)c2)CC1. The van der Waals surface area contributed by atoms with Crippen LogP contribution in [-0.2, 0) is 20.0 Å². The van der Waals surface area contributed by atoms with E-state index in [4.69, 9.17) is 0 Å². The summed E-state index contributed by atoms with van der Waals surface area (Å²) >= 11 is 0. The molecule has 2 N–H and O–H groups in total. The third-order valence-electron chi connectivity index (χ3n) is 5.76. The van der Waals surface area contributed by atoms with E-state index in [2.05, 4.69) is 10.0 Å². The summed E-state index contributed by atoms with van der Waals surface area (Å²) in [7, 11) is -6.96. The van der Waals surface area contributed by atoms with Gasteiger partial charge in [0.1, 0.15) is 5.69 Å². The van der Waals surface area contributed by atoms with Gasteiger partial charge >= 0.3 is 0 Å². The van der Waals surface area contributed by atoms with Gasteiger partial charge in [0.2, 0.25) is 20.0 Å². The van der Waals surface area contributed by atoms with Crippen LogP contribution < -0.4 is 14.3 Å². The highest BCUT2D eigenvalue weighted by molar-refractivity contribution is 7.93. The second kappa shape index (κ2) is 8.96. The molecule has 1 aliphatic heterocycles. The Balaban J connectivity index is 1.56. The van der Waals surface area contributed by atoms with Gasteiger partial charge in [-0.15, -0.1) is 0 Å². The predicted octanol–water partition coefficient (Wildman–Crippen LogP) is 2.80. The third kappa shape index (κ3) is 5.23. The van der Waals surface area contributed by atoms with Gasteiger partial charge in [-0.1, -0.05) is 0 Å². The molecule has 0 radical (unpaired) electrons. The van der Waals surface area contributed by atoms with Gasteiger partial charge in [-0.3, -0.25) is 4.31 Å². The van der Waals surface area contributed by atoms with Crippen LogP contribution in [-0.4, -0.2) is 47.0 Å². The van der Waals surface area contributed by atoms with Crippen LogP contribution in [0.1, 0.15) is 46.0 Å². The molecule has 11 heteroatoms. The number of nitrogens with one attached hydrogen (secondary N) is 2. The lowest BCUT2D eigenvalue weighted by Crippen LogP contribution is -2.41. The van der Waals surface area contributed by atoms with Crippen LogP contribution in [0.2, 0.25) is 0 Å². The second-order valence-corrected chi connectivity index (χ2v) is 12.6. The summed E-state index contributed by atoms with van der Waals surface area (Å²) in [6.07, 6.45) is 3.37. The van der Waals surface area contributed by atoms with Gasteiger partial charge < -0.3 is 5.32 Å². The third-order valence-corrected chi connectivity index (χ3v) is 9.50. The molecule has 0 amide bonds. The molecule has 1 aromatic carbocycles. The number of rotatable bonds is 7. The van der Waals surface area contributed by atoms with Gasteiger partial charge in [-0.05, 0) is 64.0 Å². The molecule has 3 rings (SSSR count). The molecule has 1 aliphatic carbocycles. The fraction of sp³-hybridized carbons (Fsp3) is 0.684. The van der Waals surface area contributed by atoms with Crippen molar-refractivity contribution in [2.24, 2.45) is 5.92 Å². The van der Waals surface area contributed by atoms with Gasteiger partial charge in [-0.25, -0.2) is 30.3 Å². The van der Waals surface area contributed by atoms with Gasteiger partial charge in [0.15, 0.2) is 11.6 Å². The molecular weight excluding hydrogens is 436 g/mol. The number of sulfonamides is 2. The number of hydrogen-bond donors (Lipinski definition) is 2. The van der Waals surface area contributed by atoms with Crippen molar-refractivity contribution in [2.75, 3.05) is 28.5 Å². The van der Waals surface area contributed by atoms with Crippen molar-refractivity contribution in [1.82, 2.24) is 4.72 Å². The summed E-state index contributed by atoms with van der Waals surface area (Å²) in [4.78, 5) is 0. The summed E-state index contributed by atoms with van der Waals surface area (Å²) in [5, 5.41) is 2.56. The fourth-order valence-corrected chi connectivity index (χ4v) is 6.46. The number of anilines is 2. The molecule has 2 fully saturated rings. The number of benzene rings is 1. The van der Waals surface area contributed by atoms with Gasteiger partial charge in [0.25, 0.3) is 0 Å². The Hall–Kier alpha value is -1.46. The van der Waals surface area contributed by atoms with Crippen LogP contribution in [0.5, 0.6) is 0 Å². The Kier molecular flexibility index (Phi) is 6.93. The highest BCUT2D eigenvalue weighted by Gasteiger charge is 2.33. The molecule has 0 aromatic heterocycles. The van der Waals surface area contributed by atoms with Crippen LogP contribution in [0.15, 0.2) is 12.1 Å². The topological polar surface area (TPSA) is 95.6 Å². The van der Waals surface area contributed by atoms with E-state index in [-0.39, 0.29) is 29.9 Å². The normalized spacial score (nSPS) is 24.4. The smallest absolute Gasteiger partial charge is 0.235 e. The average molecular weight is 466 g/mol. The van der Waals surface area contributed by atoms with E-state index in [0.29, 0.717) is 25.8 Å². The van der Waals surface area contributed by atoms with Crippen LogP contribution in [0.3, 0.4) is 0 Å². The van der Waals surface area contributed by atoms with E-state index in [0.717, 1.165) is 29.3 Å². The summed E-state index contributed by atoms with van der Waals surface area (Å²) in [5.74, 6) is -1.67. The summed E-state index contributed by atoms with van der Waals surface area (Å²) < 4.78 is 80.4. The number of nitrogens with zero attached hydrogens (tertiary/aromatic N) is 1. The Morgan fingerprint density at radius 2 is 1.73 bits per heavy atom. The molecule has 2 aliphatic rings. The summed E-state index contributed by atoms with van der Waals surface area (Å²) in [6.45, 7) is 3.86. The zero-order valence-electron chi connectivity index (χ0n) is 17.2. The highest BCUT2D eigenvalue weighted by atomic mass is 32.2. The molecule has 0 unspecified atom stereocenters. The molecule has 170 valence electrons. The van der Waals surface area contributed by atoms with Crippen molar-refractivity contribution in [3.05, 3.63) is 23.8 Å². The summed E-state index contributed by atoms with van der Waals surface area (Å²) in [6, 6.07) is 2.16. The lowest BCUT2D eigenvalue weighted by molar-refractivity contribution is 0.323. The molecule has 1 saturated carbocycles. The van der Waals surface area contributed by atoms with Gasteiger partial charge in [0, 0.05) is 24.8 Å². The number of hydrogen-bond acceptors (Lipinski definition) is 5. The molecule has 1 saturated heterocycles. The first-order valence-electron chi connectivity index (χ1n) is 10.2. The van der Waals surface area contributed by atoms with E-state index in [1.807, 2.05) is 0 Å². The second-order valence-electron chi connectivity index (χ2n) is 8.34. The number of halogens is 2. The van der Waals surface area contributed by atoms with Gasteiger partial charge in [-0.2, -0.15) is 0 Å². The van der Waals surface area contributed by atoms with Crippen molar-refractivity contribution in [1.29, 1.82) is 0 Å². The lowest BCUT2D eigenvalue weighted by atomic mass is 9.86. The zero-order chi connectivity index (χ0) is 22.1. The van der Waals surface area contributed by atoms with Crippen molar-refractivity contribution < 1.29 is 25.6 Å². The highest BCUT2D eigenvalue weighted by Crippen LogP contribution is 2.32. The monoisotopic (exact) mass is 465 g/mol. The molecular formula is C19H29F2N3O4S2. The minimum atomic E-state index is -3.67. The predicted molar refractivity (Wildman–Crippen MR) is 114 cm³/mol. The van der Waals surface area contributed by atoms with E-state index >= 15 is 0 Å². The molecule has 0 bridgehead atoms. The standard InChI is InChI=1S/C19H29F2N3O4S2/c1-13(2)30(27,28)23-15-6-4-14(5-7-15)12-22-16-10-17(20)19(18(21)11-16)24-8-3-9-29(24,25)26/h10-11,13-15,22-23H,3-9,12H2,1-2H3/t14-,15-. The minimum absolute atomic E-state index is 0.0761. The molecule has 1 heterocycles. The minimum Gasteiger partial charge on any atom is -0.385 e. The summed E-state index contributed by atoms with van der Waals surface area (Å²) in [5.41, 5.74) is -0.260. The van der Waals surface area contributed by atoms with Crippen LogP contribution in [0.4, 0.5) is 20.2 Å². The molecule has 0 atom stereocenters. The first kappa shape index (κ1) is 23.2. The maximum absolute atomic E-state index is 14.5. The van der Waals surface area contributed by atoms with E-state index in [9.17, 15) is 25.6 Å². The molecule has 1 aromatic rings. The largest absolute Gasteiger partial charge is 0.385 e. The Bertz CT molecular complexity index is 952. The van der Waals surface area contributed by atoms with Gasteiger partial charge in [0.05, 0.1) is 11.0 Å². The molecule has 0 spiro atoms.